The molecule has 0 fully saturated rings. The fourth-order valence-corrected chi connectivity index (χ4v) is 4.06. The van der Waals surface area contributed by atoms with Crippen LogP contribution in [0.4, 0.5) is 0 Å². The Kier molecular flexibility index (Phi) is 22.3. The molecule has 0 saturated heterocycles. The van der Waals surface area contributed by atoms with Gasteiger partial charge in [-0.25, -0.2) is 4.79 Å². The minimum absolute atomic E-state index is 0.133. The predicted molar refractivity (Wildman–Crippen MR) is 149 cm³/mol. The number of allylic oxidation sites excluding steroid dienone is 2. The van der Waals surface area contributed by atoms with Crippen LogP contribution in [0, 0.1) is 0 Å². The zero-order valence-electron chi connectivity index (χ0n) is 23.9. The number of carbonyl (C=O) groups is 3. The summed E-state index contributed by atoms with van der Waals surface area (Å²) in [6, 6.07) is 0. The molecule has 0 aliphatic rings. The van der Waals surface area contributed by atoms with Crippen LogP contribution < -0.4 is 10.6 Å². The van der Waals surface area contributed by atoms with Crippen LogP contribution in [0.15, 0.2) is 12.2 Å². The number of ether oxygens (including phenoxy) is 1. The highest BCUT2D eigenvalue weighted by Gasteiger charge is 2.19. The number of carbonyl (C=O) groups excluding carboxylic acids is 3. The predicted octanol–water partition coefficient (Wildman–Crippen LogP) is 5.29. The van der Waals surface area contributed by atoms with E-state index in [9.17, 15) is 14.4 Å². The molecule has 36 heavy (non-hydrogen) atoms. The van der Waals surface area contributed by atoms with Gasteiger partial charge in [-0.15, -0.1) is 0 Å². The van der Waals surface area contributed by atoms with Gasteiger partial charge in [-0.05, 0) is 44.9 Å². The molecule has 0 aliphatic carbocycles. The van der Waals surface area contributed by atoms with Gasteiger partial charge in [0, 0.05) is 32.4 Å². The molecule has 2 N–H and O–H groups in total. The van der Waals surface area contributed by atoms with Crippen molar-refractivity contribution in [3.05, 3.63) is 12.2 Å². The van der Waals surface area contributed by atoms with Gasteiger partial charge in [0.2, 0.25) is 11.8 Å². The van der Waals surface area contributed by atoms with E-state index in [0.717, 1.165) is 64.5 Å². The highest BCUT2D eigenvalue weighted by Crippen LogP contribution is 2.10. The molecule has 0 radical (unpaired) electrons. The third-order valence-electron chi connectivity index (χ3n) is 6.34. The molecule has 0 saturated carbocycles. The molecule has 0 heterocycles. The van der Waals surface area contributed by atoms with Crippen LogP contribution in [0.5, 0.6) is 0 Å². The van der Waals surface area contributed by atoms with E-state index in [0.29, 0.717) is 30.4 Å². The van der Waals surface area contributed by atoms with Gasteiger partial charge in [-0.1, -0.05) is 57.6 Å². The molecule has 210 valence electrons. The van der Waals surface area contributed by atoms with Crippen LogP contribution in [0.25, 0.3) is 0 Å². The molecule has 0 aromatic heterocycles. The minimum Gasteiger partial charge on any atom is -0.465 e. The van der Waals surface area contributed by atoms with Crippen molar-refractivity contribution in [2.45, 2.75) is 110 Å². The molecule has 0 unspecified atom stereocenters. The maximum Gasteiger partial charge on any atom is 0.361 e. The SMILES string of the molecule is CCCNC(=O)CCCCCCC/C=C/CCCCCCCC(=O)NCCC[N+](C)(C)CC(=O)OC. The van der Waals surface area contributed by atoms with Crippen LogP contribution >= 0.6 is 0 Å². The Hall–Kier alpha value is -1.89. The molecular weight excluding hydrogens is 454 g/mol. The van der Waals surface area contributed by atoms with Crippen molar-refractivity contribution in [2.75, 3.05) is 47.4 Å². The van der Waals surface area contributed by atoms with Crippen molar-refractivity contribution in [3.8, 4) is 0 Å². The summed E-state index contributed by atoms with van der Waals surface area (Å²) < 4.78 is 5.29. The van der Waals surface area contributed by atoms with Crippen molar-refractivity contribution in [1.29, 1.82) is 0 Å². The van der Waals surface area contributed by atoms with Crippen LogP contribution in [0.3, 0.4) is 0 Å². The highest BCUT2D eigenvalue weighted by atomic mass is 16.5. The Labute approximate surface area is 221 Å². The molecule has 0 aromatic carbocycles. The Balaban J connectivity index is 3.42. The number of nitrogens with zero attached hydrogens (tertiary/aromatic N) is 1. The highest BCUT2D eigenvalue weighted by molar-refractivity contribution is 5.76. The lowest BCUT2D eigenvalue weighted by molar-refractivity contribution is -0.883. The van der Waals surface area contributed by atoms with Gasteiger partial charge in [0.1, 0.15) is 0 Å². The van der Waals surface area contributed by atoms with E-state index >= 15 is 0 Å². The quantitative estimate of drug-likeness (QED) is 0.0800. The summed E-state index contributed by atoms with van der Waals surface area (Å²) in [5.74, 6) is 0.128. The fourth-order valence-electron chi connectivity index (χ4n) is 4.06. The van der Waals surface area contributed by atoms with E-state index in [1.165, 1.54) is 45.6 Å². The number of esters is 1. The zero-order chi connectivity index (χ0) is 26.9. The summed E-state index contributed by atoms with van der Waals surface area (Å²) in [5.41, 5.74) is 0. The first-order valence-electron chi connectivity index (χ1n) is 14.4. The normalized spacial score (nSPS) is 11.6. The van der Waals surface area contributed by atoms with Crippen molar-refractivity contribution in [1.82, 2.24) is 10.6 Å². The number of unbranched alkanes of at least 4 members (excludes halogenated alkanes) is 10. The standard InChI is InChI=1S/C29H55N3O4/c1-5-23-30-27(33)21-18-16-14-12-10-8-6-7-9-11-13-15-17-19-22-28(34)31-24-20-25-32(2,3)26-29(35)36-4/h6-7H,5,8-26H2,1-4H3,(H-,30,31,33,34)/p+1/b7-6+. The van der Waals surface area contributed by atoms with Gasteiger partial charge >= 0.3 is 5.97 Å². The van der Waals surface area contributed by atoms with Crippen LogP contribution in [0.2, 0.25) is 0 Å². The number of nitrogens with one attached hydrogen (secondary N) is 2. The van der Waals surface area contributed by atoms with E-state index < -0.39 is 0 Å². The summed E-state index contributed by atoms with van der Waals surface area (Å²) in [6.07, 6.45) is 21.7. The molecule has 0 spiro atoms. The first kappa shape index (κ1) is 34.1. The number of quaternary nitrogens is 1. The Morgan fingerprint density at radius 1 is 0.694 bits per heavy atom. The van der Waals surface area contributed by atoms with Crippen molar-refractivity contribution >= 4 is 17.8 Å². The van der Waals surface area contributed by atoms with Gasteiger partial charge in [0.15, 0.2) is 6.54 Å². The molecule has 0 aromatic rings. The molecule has 7 heteroatoms. The molecule has 0 atom stereocenters. The molecule has 0 aliphatic heterocycles. The van der Waals surface area contributed by atoms with Gasteiger partial charge in [0.05, 0.1) is 27.7 Å². The fraction of sp³-hybridized carbons (Fsp3) is 0.828. The number of methoxy groups -OCH3 is 1. The maximum absolute atomic E-state index is 12.0. The summed E-state index contributed by atoms with van der Waals surface area (Å²) in [7, 11) is 5.40. The second kappa shape index (κ2) is 23.5. The maximum atomic E-state index is 12.0. The van der Waals surface area contributed by atoms with Gasteiger partial charge in [0.25, 0.3) is 0 Å². The van der Waals surface area contributed by atoms with E-state index in [-0.39, 0.29) is 17.8 Å². The van der Waals surface area contributed by atoms with Crippen molar-refractivity contribution < 1.29 is 23.6 Å². The third-order valence-corrected chi connectivity index (χ3v) is 6.34. The lowest BCUT2D eigenvalue weighted by atomic mass is 10.1. The van der Waals surface area contributed by atoms with Crippen LogP contribution in [-0.4, -0.2) is 69.7 Å². The summed E-state index contributed by atoms with van der Waals surface area (Å²) in [4.78, 5) is 34.9. The number of hydrogen-bond donors (Lipinski definition) is 2. The largest absolute Gasteiger partial charge is 0.465 e. The summed E-state index contributed by atoms with van der Waals surface area (Å²) in [5, 5.41) is 5.92. The van der Waals surface area contributed by atoms with Crippen LogP contribution in [-0.2, 0) is 19.1 Å². The summed E-state index contributed by atoms with van der Waals surface area (Å²) >= 11 is 0. The van der Waals surface area contributed by atoms with Gasteiger partial charge in [-0.2, -0.15) is 0 Å². The van der Waals surface area contributed by atoms with E-state index in [1.54, 1.807) is 0 Å². The first-order chi connectivity index (χ1) is 17.3. The number of likely N-dealkylation sites (N-methyl/N-ethyl adjacent to an activating group) is 1. The molecule has 0 bridgehead atoms. The van der Waals surface area contributed by atoms with E-state index in [2.05, 4.69) is 29.7 Å². The monoisotopic (exact) mass is 510 g/mol. The lowest BCUT2D eigenvalue weighted by Crippen LogP contribution is -2.45. The number of rotatable bonds is 24. The average Bonchev–Trinajstić information content (AvgIpc) is 2.84. The van der Waals surface area contributed by atoms with E-state index in [1.807, 2.05) is 14.1 Å². The topological polar surface area (TPSA) is 84.5 Å². The molecular formula is C29H56N3O4+. The smallest absolute Gasteiger partial charge is 0.361 e. The van der Waals surface area contributed by atoms with E-state index in [4.69, 9.17) is 4.74 Å². The number of hydrogen-bond acceptors (Lipinski definition) is 4. The number of amides is 2. The molecule has 7 nitrogen and oxygen atoms in total. The second-order valence-corrected chi connectivity index (χ2v) is 10.5. The molecule has 0 rings (SSSR count). The zero-order valence-corrected chi connectivity index (χ0v) is 23.9. The van der Waals surface area contributed by atoms with Gasteiger partial charge in [-0.3, -0.25) is 9.59 Å². The minimum atomic E-state index is -0.205. The summed E-state index contributed by atoms with van der Waals surface area (Å²) in [6.45, 7) is 4.70. The Bertz CT molecular complexity index is 605. The molecule has 2 amide bonds. The Morgan fingerprint density at radius 3 is 1.67 bits per heavy atom. The van der Waals surface area contributed by atoms with Crippen molar-refractivity contribution in [3.63, 3.8) is 0 Å². The second-order valence-electron chi connectivity index (χ2n) is 10.5. The Morgan fingerprint density at radius 2 is 1.17 bits per heavy atom. The third kappa shape index (κ3) is 23.8. The van der Waals surface area contributed by atoms with Crippen LogP contribution in [0.1, 0.15) is 110 Å². The average molecular weight is 511 g/mol. The lowest BCUT2D eigenvalue weighted by Gasteiger charge is -2.28. The van der Waals surface area contributed by atoms with Crippen molar-refractivity contribution in [2.24, 2.45) is 0 Å². The van der Waals surface area contributed by atoms with Gasteiger partial charge < -0.3 is 19.9 Å². The first-order valence-corrected chi connectivity index (χ1v) is 14.4.